The molecule has 1 aliphatic rings. The van der Waals surface area contributed by atoms with E-state index in [4.69, 9.17) is 5.26 Å². The van der Waals surface area contributed by atoms with Crippen LogP contribution >= 0.6 is 0 Å². The number of rotatable bonds is 3. The van der Waals surface area contributed by atoms with Gasteiger partial charge in [0.05, 0.1) is 25.6 Å². The first-order valence-electron chi connectivity index (χ1n) is 7.02. The molecule has 0 bridgehead atoms. The maximum Gasteiger partial charge on any atom is 0.433 e. The lowest BCUT2D eigenvalue weighted by atomic mass is 9.91. The van der Waals surface area contributed by atoms with Crippen molar-refractivity contribution in [2.24, 2.45) is 0 Å². The Kier molecular flexibility index (Phi) is 3.85. The Morgan fingerprint density at radius 1 is 1.25 bits per heavy atom. The van der Waals surface area contributed by atoms with Crippen molar-refractivity contribution in [1.29, 1.82) is 5.26 Å². The Morgan fingerprint density at radius 2 is 1.92 bits per heavy atom. The number of nitrogens with zero attached hydrogens (tertiary/aromatic N) is 5. The lowest BCUT2D eigenvalue weighted by Crippen LogP contribution is -2.62. The predicted octanol–water partition coefficient (Wildman–Crippen LogP) is 2.02. The van der Waals surface area contributed by atoms with E-state index in [2.05, 4.69) is 15.0 Å². The maximum absolute atomic E-state index is 13.1. The third-order valence-corrected chi connectivity index (χ3v) is 3.64. The fourth-order valence-corrected chi connectivity index (χ4v) is 2.46. The molecule has 6 nitrogen and oxygen atoms in total. The minimum absolute atomic E-state index is 0.0463. The molecule has 1 fully saturated rings. The largest absolute Gasteiger partial charge is 0.433 e. The van der Waals surface area contributed by atoms with Gasteiger partial charge in [-0.1, -0.05) is 0 Å². The second-order valence-corrected chi connectivity index (χ2v) is 5.58. The van der Waals surface area contributed by atoms with Crippen molar-refractivity contribution in [2.45, 2.75) is 18.2 Å². The first-order chi connectivity index (χ1) is 11.3. The molecule has 0 aliphatic carbocycles. The number of halogens is 3. The van der Waals surface area contributed by atoms with Gasteiger partial charge >= 0.3 is 6.18 Å². The molecule has 0 saturated carbocycles. The molecule has 2 aromatic heterocycles. The fourth-order valence-electron chi connectivity index (χ4n) is 2.46. The van der Waals surface area contributed by atoms with Gasteiger partial charge in [-0.3, -0.25) is 4.98 Å². The number of β-amino-alcohol motifs (C(OH)–C–C–N with tert-alkyl or cyclic N) is 1. The molecule has 3 heterocycles. The number of hydrogen-bond donors (Lipinski definition) is 1. The van der Waals surface area contributed by atoms with Crippen LogP contribution in [0.4, 0.5) is 19.0 Å². The molecule has 124 valence electrons. The fraction of sp³-hybridized carbons (Fsp3) is 0.333. The molecule has 2 aromatic rings. The van der Waals surface area contributed by atoms with Crippen molar-refractivity contribution in [3.05, 3.63) is 36.3 Å². The number of aliphatic hydroxyl groups is 1. The van der Waals surface area contributed by atoms with Crippen LogP contribution in [-0.4, -0.2) is 38.7 Å². The highest BCUT2D eigenvalue weighted by atomic mass is 19.4. The van der Waals surface area contributed by atoms with Gasteiger partial charge in [0.2, 0.25) is 0 Å². The molecule has 9 heteroatoms. The van der Waals surface area contributed by atoms with Crippen LogP contribution in [0, 0.1) is 11.3 Å². The monoisotopic (exact) mass is 335 g/mol. The van der Waals surface area contributed by atoms with Gasteiger partial charge in [0, 0.05) is 24.0 Å². The smallest absolute Gasteiger partial charge is 0.385 e. The lowest BCUT2D eigenvalue weighted by Gasteiger charge is -2.46. The number of hydrogen-bond acceptors (Lipinski definition) is 6. The average molecular weight is 335 g/mol. The van der Waals surface area contributed by atoms with Crippen molar-refractivity contribution < 1.29 is 18.3 Å². The Hall–Kier alpha value is -2.73. The van der Waals surface area contributed by atoms with Gasteiger partial charge in [0.15, 0.2) is 11.5 Å². The molecule has 0 radical (unpaired) electrons. The topological polar surface area (TPSA) is 85.9 Å². The highest BCUT2D eigenvalue weighted by molar-refractivity contribution is 5.58. The SMILES string of the molecule is N#CCC1(O)CN(c2cc(C(F)(F)F)nc(-c3ccncc3)n2)C1. The van der Waals surface area contributed by atoms with E-state index in [0.29, 0.717) is 5.56 Å². The Bertz CT molecular complexity index is 782. The van der Waals surface area contributed by atoms with E-state index in [1.807, 2.05) is 6.07 Å². The summed E-state index contributed by atoms with van der Waals surface area (Å²) in [7, 11) is 0. The van der Waals surface area contributed by atoms with Gasteiger partial charge in [-0.05, 0) is 12.1 Å². The lowest BCUT2D eigenvalue weighted by molar-refractivity contribution is -0.141. The molecule has 0 spiro atoms. The van der Waals surface area contributed by atoms with Crippen LogP contribution in [0.15, 0.2) is 30.6 Å². The van der Waals surface area contributed by atoms with Crippen LogP contribution in [-0.2, 0) is 6.18 Å². The van der Waals surface area contributed by atoms with Crippen LogP contribution < -0.4 is 4.90 Å². The molecule has 0 atom stereocenters. The maximum atomic E-state index is 13.1. The minimum atomic E-state index is -4.62. The van der Waals surface area contributed by atoms with Crippen molar-refractivity contribution in [2.75, 3.05) is 18.0 Å². The van der Waals surface area contributed by atoms with Gasteiger partial charge in [-0.25, -0.2) is 9.97 Å². The summed E-state index contributed by atoms with van der Waals surface area (Å²) in [6.07, 6.45) is -1.83. The van der Waals surface area contributed by atoms with E-state index >= 15 is 0 Å². The summed E-state index contributed by atoms with van der Waals surface area (Å²) < 4.78 is 39.3. The van der Waals surface area contributed by atoms with Crippen LogP contribution in [0.25, 0.3) is 11.4 Å². The molecule has 3 rings (SSSR count). The van der Waals surface area contributed by atoms with Crippen molar-refractivity contribution in [3.63, 3.8) is 0 Å². The minimum Gasteiger partial charge on any atom is -0.385 e. The van der Waals surface area contributed by atoms with E-state index in [1.54, 1.807) is 0 Å². The average Bonchev–Trinajstić information content (AvgIpc) is 2.52. The second-order valence-electron chi connectivity index (χ2n) is 5.58. The van der Waals surface area contributed by atoms with Crippen LogP contribution in [0.2, 0.25) is 0 Å². The molecule has 1 N–H and O–H groups in total. The first kappa shape index (κ1) is 16.1. The molecular formula is C15H12F3N5O. The van der Waals surface area contributed by atoms with Crippen molar-refractivity contribution in [1.82, 2.24) is 15.0 Å². The Balaban J connectivity index is 1.97. The van der Waals surface area contributed by atoms with E-state index in [1.165, 1.54) is 29.4 Å². The highest BCUT2D eigenvalue weighted by Gasteiger charge is 2.43. The summed E-state index contributed by atoms with van der Waals surface area (Å²) in [6, 6.07) is 5.73. The molecule has 1 saturated heterocycles. The molecule has 0 aromatic carbocycles. The van der Waals surface area contributed by atoms with Crippen LogP contribution in [0.5, 0.6) is 0 Å². The van der Waals surface area contributed by atoms with E-state index in [0.717, 1.165) is 6.07 Å². The number of anilines is 1. The number of alkyl halides is 3. The summed E-state index contributed by atoms with van der Waals surface area (Å²) in [5.41, 5.74) is -1.87. The summed E-state index contributed by atoms with van der Waals surface area (Å²) in [4.78, 5) is 13.0. The summed E-state index contributed by atoms with van der Waals surface area (Å²) in [6.45, 7) is 0.0926. The number of nitriles is 1. The zero-order chi connectivity index (χ0) is 17.4. The van der Waals surface area contributed by atoms with Crippen molar-refractivity contribution in [3.8, 4) is 17.5 Å². The first-order valence-corrected chi connectivity index (χ1v) is 7.02. The molecule has 24 heavy (non-hydrogen) atoms. The van der Waals surface area contributed by atoms with E-state index < -0.39 is 17.5 Å². The van der Waals surface area contributed by atoms with Crippen LogP contribution in [0.1, 0.15) is 12.1 Å². The van der Waals surface area contributed by atoms with Crippen LogP contribution in [0.3, 0.4) is 0 Å². The normalized spacial score (nSPS) is 16.4. The zero-order valence-corrected chi connectivity index (χ0v) is 12.3. The quantitative estimate of drug-likeness (QED) is 0.924. The molecule has 1 aliphatic heterocycles. The van der Waals surface area contributed by atoms with Gasteiger partial charge < -0.3 is 10.0 Å². The molecule has 0 unspecified atom stereocenters. The third kappa shape index (κ3) is 3.14. The summed E-state index contributed by atoms with van der Waals surface area (Å²) in [5.74, 6) is -0.00954. The number of pyridine rings is 1. The molecule has 0 amide bonds. The van der Waals surface area contributed by atoms with Crippen molar-refractivity contribution >= 4 is 5.82 Å². The van der Waals surface area contributed by atoms with Gasteiger partial charge in [0.1, 0.15) is 11.4 Å². The summed E-state index contributed by atoms with van der Waals surface area (Å²) in [5, 5.41) is 18.7. The van der Waals surface area contributed by atoms with E-state index in [-0.39, 0.29) is 31.2 Å². The highest BCUT2D eigenvalue weighted by Crippen LogP contribution is 2.34. The standard InChI is InChI=1S/C15H12F3N5O/c16-15(17,18)11-7-12(23-8-14(24,9-23)3-4-19)22-13(21-11)10-1-5-20-6-2-10/h1-2,5-7,24H,3,8-9H2. The zero-order valence-electron chi connectivity index (χ0n) is 12.3. The second kappa shape index (κ2) is 5.72. The van der Waals surface area contributed by atoms with Gasteiger partial charge in [-0.2, -0.15) is 18.4 Å². The Labute approximate surface area is 135 Å². The summed E-state index contributed by atoms with van der Waals surface area (Å²) >= 11 is 0. The third-order valence-electron chi connectivity index (χ3n) is 3.64. The Morgan fingerprint density at radius 3 is 2.50 bits per heavy atom. The predicted molar refractivity (Wildman–Crippen MR) is 77.7 cm³/mol. The van der Waals surface area contributed by atoms with Gasteiger partial charge in [-0.15, -0.1) is 0 Å². The number of aromatic nitrogens is 3. The molecular weight excluding hydrogens is 323 g/mol. The van der Waals surface area contributed by atoms with E-state index in [9.17, 15) is 18.3 Å². The van der Waals surface area contributed by atoms with Gasteiger partial charge in [0.25, 0.3) is 0 Å².